The summed E-state index contributed by atoms with van der Waals surface area (Å²) in [5, 5.41) is 0. The molecule has 0 saturated heterocycles. The zero-order valence-corrected chi connectivity index (χ0v) is 10.1. The summed E-state index contributed by atoms with van der Waals surface area (Å²) in [5.41, 5.74) is 2.19. The molecule has 0 aromatic heterocycles. The molecule has 3 nitrogen and oxygen atoms in total. The number of benzene rings is 1. The van der Waals surface area contributed by atoms with Crippen LogP contribution < -0.4 is 4.74 Å². The van der Waals surface area contributed by atoms with Crippen LogP contribution in [0.25, 0.3) is 0 Å². The van der Waals surface area contributed by atoms with Crippen LogP contribution in [0.3, 0.4) is 0 Å². The Labute approximate surface area is 96.4 Å². The molecule has 0 heterocycles. The number of carbonyl (C=O) groups excluding carboxylic acids is 1. The van der Waals surface area contributed by atoms with Gasteiger partial charge in [0.2, 0.25) is 0 Å². The van der Waals surface area contributed by atoms with Crippen molar-refractivity contribution in [3.8, 4) is 5.75 Å². The Hall–Kier alpha value is -1.51. The third kappa shape index (κ3) is 3.57. The lowest BCUT2D eigenvalue weighted by Crippen LogP contribution is -2.05. The lowest BCUT2D eigenvalue weighted by molar-refractivity contribution is -0.143. The van der Waals surface area contributed by atoms with Gasteiger partial charge in [0.1, 0.15) is 5.75 Å². The average molecular weight is 222 g/mol. The van der Waals surface area contributed by atoms with Crippen LogP contribution in [0.1, 0.15) is 24.5 Å². The SMILES string of the molecule is CCOC(=O)CCc1ccc(C)c(OC)c1. The second-order valence-corrected chi connectivity index (χ2v) is 3.61. The van der Waals surface area contributed by atoms with Gasteiger partial charge in [0.25, 0.3) is 0 Å². The van der Waals surface area contributed by atoms with E-state index in [2.05, 4.69) is 0 Å². The van der Waals surface area contributed by atoms with Gasteiger partial charge in [-0.2, -0.15) is 0 Å². The van der Waals surface area contributed by atoms with Gasteiger partial charge in [-0.05, 0) is 37.5 Å². The van der Waals surface area contributed by atoms with Crippen molar-refractivity contribution in [2.24, 2.45) is 0 Å². The Kier molecular flexibility index (Phi) is 4.83. The molecule has 0 amide bonds. The molecule has 0 aliphatic heterocycles. The number of methoxy groups -OCH3 is 1. The molecule has 1 aromatic rings. The van der Waals surface area contributed by atoms with Crippen molar-refractivity contribution < 1.29 is 14.3 Å². The maximum absolute atomic E-state index is 11.2. The highest BCUT2D eigenvalue weighted by Crippen LogP contribution is 2.19. The first kappa shape index (κ1) is 12.6. The molecule has 0 aliphatic carbocycles. The molecule has 3 heteroatoms. The smallest absolute Gasteiger partial charge is 0.306 e. The first-order valence-electron chi connectivity index (χ1n) is 5.46. The van der Waals surface area contributed by atoms with Crippen LogP contribution in [0.4, 0.5) is 0 Å². The Bertz CT molecular complexity index is 358. The van der Waals surface area contributed by atoms with Gasteiger partial charge >= 0.3 is 5.97 Å². The molecule has 1 rings (SSSR count). The van der Waals surface area contributed by atoms with Crippen LogP contribution in [-0.4, -0.2) is 19.7 Å². The van der Waals surface area contributed by atoms with E-state index in [1.54, 1.807) is 7.11 Å². The summed E-state index contributed by atoms with van der Waals surface area (Å²) < 4.78 is 10.1. The van der Waals surface area contributed by atoms with Gasteiger partial charge in [0, 0.05) is 6.42 Å². The van der Waals surface area contributed by atoms with Crippen molar-refractivity contribution in [1.82, 2.24) is 0 Å². The van der Waals surface area contributed by atoms with Crippen molar-refractivity contribution in [3.05, 3.63) is 29.3 Å². The van der Waals surface area contributed by atoms with Crippen LogP contribution in [0.5, 0.6) is 5.75 Å². The summed E-state index contributed by atoms with van der Waals surface area (Å²) in [6.45, 7) is 4.25. The van der Waals surface area contributed by atoms with E-state index in [9.17, 15) is 4.79 Å². The van der Waals surface area contributed by atoms with E-state index in [0.717, 1.165) is 16.9 Å². The van der Waals surface area contributed by atoms with E-state index in [1.807, 2.05) is 32.0 Å². The normalized spacial score (nSPS) is 9.94. The second-order valence-electron chi connectivity index (χ2n) is 3.61. The fraction of sp³-hybridized carbons (Fsp3) is 0.462. The Morgan fingerprint density at radius 3 is 2.75 bits per heavy atom. The summed E-state index contributed by atoms with van der Waals surface area (Å²) in [5.74, 6) is 0.711. The molecular weight excluding hydrogens is 204 g/mol. The number of hydrogen-bond acceptors (Lipinski definition) is 3. The third-order valence-corrected chi connectivity index (χ3v) is 2.40. The van der Waals surface area contributed by atoms with Gasteiger partial charge in [-0.25, -0.2) is 0 Å². The van der Waals surface area contributed by atoms with E-state index in [-0.39, 0.29) is 5.97 Å². The fourth-order valence-corrected chi connectivity index (χ4v) is 1.50. The van der Waals surface area contributed by atoms with Gasteiger partial charge in [0.15, 0.2) is 0 Å². The summed E-state index contributed by atoms with van der Waals surface area (Å²) in [6, 6.07) is 5.98. The highest BCUT2D eigenvalue weighted by molar-refractivity contribution is 5.69. The van der Waals surface area contributed by atoms with Crippen LogP contribution in [0.2, 0.25) is 0 Å². The Morgan fingerprint density at radius 2 is 2.12 bits per heavy atom. The molecule has 16 heavy (non-hydrogen) atoms. The van der Waals surface area contributed by atoms with Crippen LogP contribution in [0, 0.1) is 6.92 Å². The molecule has 0 fully saturated rings. The first-order valence-corrected chi connectivity index (χ1v) is 5.46. The molecule has 0 bridgehead atoms. The highest BCUT2D eigenvalue weighted by Gasteiger charge is 2.04. The zero-order valence-electron chi connectivity index (χ0n) is 10.1. The van der Waals surface area contributed by atoms with Gasteiger partial charge < -0.3 is 9.47 Å². The molecule has 0 saturated carbocycles. The maximum atomic E-state index is 11.2. The lowest BCUT2D eigenvalue weighted by atomic mass is 10.1. The van der Waals surface area contributed by atoms with Crippen molar-refractivity contribution in [2.75, 3.05) is 13.7 Å². The highest BCUT2D eigenvalue weighted by atomic mass is 16.5. The second kappa shape index (κ2) is 6.16. The van der Waals surface area contributed by atoms with Crippen molar-refractivity contribution >= 4 is 5.97 Å². The predicted molar refractivity (Wildman–Crippen MR) is 62.7 cm³/mol. The number of rotatable bonds is 5. The van der Waals surface area contributed by atoms with E-state index in [1.165, 1.54) is 0 Å². The molecule has 0 atom stereocenters. The minimum Gasteiger partial charge on any atom is -0.496 e. The van der Waals surface area contributed by atoms with Crippen molar-refractivity contribution in [1.29, 1.82) is 0 Å². The molecule has 0 aliphatic rings. The zero-order chi connectivity index (χ0) is 12.0. The van der Waals surface area contributed by atoms with Crippen LogP contribution in [0.15, 0.2) is 18.2 Å². The van der Waals surface area contributed by atoms with E-state index < -0.39 is 0 Å². The fourth-order valence-electron chi connectivity index (χ4n) is 1.50. The number of hydrogen-bond donors (Lipinski definition) is 0. The third-order valence-electron chi connectivity index (χ3n) is 2.40. The lowest BCUT2D eigenvalue weighted by Gasteiger charge is -2.07. The summed E-state index contributed by atoms with van der Waals surface area (Å²) in [7, 11) is 1.65. The van der Waals surface area contributed by atoms with Crippen LogP contribution in [-0.2, 0) is 16.0 Å². The maximum Gasteiger partial charge on any atom is 0.306 e. The molecule has 0 N–H and O–H groups in total. The topological polar surface area (TPSA) is 35.5 Å². The van der Waals surface area contributed by atoms with Gasteiger partial charge in [0.05, 0.1) is 13.7 Å². The molecule has 1 aromatic carbocycles. The summed E-state index contributed by atoms with van der Waals surface area (Å²) in [6.07, 6.45) is 1.11. The van der Waals surface area contributed by atoms with Gasteiger partial charge in [-0.1, -0.05) is 12.1 Å². The van der Waals surface area contributed by atoms with E-state index in [4.69, 9.17) is 9.47 Å². The minimum absolute atomic E-state index is 0.151. The number of aryl methyl sites for hydroxylation is 2. The number of ether oxygens (including phenoxy) is 2. The van der Waals surface area contributed by atoms with Gasteiger partial charge in [-0.3, -0.25) is 4.79 Å². The van der Waals surface area contributed by atoms with E-state index >= 15 is 0 Å². The number of carbonyl (C=O) groups is 1. The van der Waals surface area contributed by atoms with Gasteiger partial charge in [-0.15, -0.1) is 0 Å². The van der Waals surface area contributed by atoms with E-state index in [0.29, 0.717) is 19.4 Å². The largest absolute Gasteiger partial charge is 0.496 e. The molecular formula is C13H18O3. The molecule has 88 valence electrons. The monoisotopic (exact) mass is 222 g/mol. The summed E-state index contributed by atoms with van der Waals surface area (Å²) in [4.78, 5) is 11.2. The summed E-state index contributed by atoms with van der Waals surface area (Å²) >= 11 is 0. The Morgan fingerprint density at radius 1 is 1.38 bits per heavy atom. The van der Waals surface area contributed by atoms with Crippen molar-refractivity contribution in [2.45, 2.75) is 26.7 Å². The standard InChI is InChI=1S/C13H18O3/c1-4-16-13(14)8-7-11-6-5-10(2)12(9-11)15-3/h5-6,9H,4,7-8H2,1-3H3. The molecule has 0 spiro atoms. The number of esters is 1. The Balaban J connectivity index is 2.57. The predicted octanol–water partition coefficient (Wildman–Crippen LogP) is 2.50. The van der Waals surface area contributed by atoms with Crippen LogP contribution >= 0.6 is 0 Å². The average Bonchev–Trinajstić information content (AvgIpc) is 2.28. The quantitative estimate of drug-likeness (QED) is 0.718. The molecule has 0 unspecified atom stereocenters. The minimum atomic E-state index is -0.151. The molecule has 0 radical (unpaired) electrons. The van der Waals surface area contributed by atoms with Crippen molar-refractivity contribution in [3.63, 3.8) is 0 Å². The first-order chi connectivity index (χ1) is 7.67.